The van der Waals surface area contributed by atoms with E-state index in [-0.39, 0.29) is 22.4 Å². The van der Waals surface area contributed by atoms with Gasteiger partial charge in [-0.05, 0) is 49.7 Å². The number of nitriles is 1. The number of carbonyl (C=O) groups is 1. The molecule has 2 heterocycles. The van der Waals surface area contributed by atoms with Crippen LogP contribution in [-0.4, -0.2) is 34.0 Å². The lowest BCUT2D eigenvalue weighted by Gasteiger charge is -2.12. The number of ether oxygens (including phenoxy) is 1. The zero-order valence-electron chi connectivity index (χ0n) is 19.1. The lowest BCUT2D eigenvalue weighted by molar-refractivity contribution is 0.0947. The van der Waals surface area contributed by atoms with Crippen LogP contribution in [0.15, 0.2) is 63.2 Å². The molecule has 0 bridgehead atoms. The summed E-state index contributed by atoms with van der Waals surface area (Å²) in [7, 11) is 1.54. The van der Waals surface area contributed by atoms with E-state index >= 15 is 0 Å². The zero-order chi connectivity index (χ0) is 25.1. The Kier molecular flexibility index (Phi) is 6.24. The van der Waals surface area contributed by atoms with Crippen LogP contribution in [0, 0.1) is 25.2 Å². The highest BCUT2D eigenvalue weighted by Crippen LogP contribution is 2.18. The van der Waals surface area contributed by atoms with Crippen LogP contribution in [-0.2, 0) is 0 Å². The Labute approximate surface area is 199 Å². The highest BCUT2D eigenvalue weighted by molar-refractivity contribution is 5.95. The summed E-state index contributed by atoms with van der Waals surface area (Å²) >= 11 is 0. The van der Waals surface area contributed by atoms with Crippen molar-refractivity contribution >= 4 is 23.0 Å². The van der Waals surface area contributed by atoms with Gasteiger partial charge in [0.05, 0.1) is 24.6 Å². The van der Waals surface area contributed by atoms with E-state index < -0.39 is 17.0 Å². The van der Waals surface area contributed by atoms with Crippen LogP contribution in [0.2, 0.25) is 0 Å². The van der Waals surface area contributed by atoms with Crippen molar-refractivity contribution in [2.45, 2.75) is 13.8 Å². The maximum atomic E-state index is 12.9. The van der Waals surface area contributed by atoms with Crippen molar-refractivity contribution in [3.8, 4) is 17.5 Å². The second-order valence-corrected chi connectivity index (χ2v) is 7.67. The third-order valence-electron chi connectivity index (χ3n) is 5.46. The number of fused-ring (bicyclic) bond motifs is 1. The quantitative estimate of drug-likeness (QED) is 0.340. The van der Waals surface area contributed by atoms with Crippen molar-refractivity contribution in [3.05, 3.63) is 97.2 Å². The summed E-state index contributed by atoms with van der Waals surface area (Å²) in [4.78, 5) is 40.8. The zero-order valence-corrected chi connectivity index (χ0v) is 19.1. The van der Waals surface area contributed by atoms with Crippen molar-refractivity contribution in [2.24, 2.45) is 5.10 Å². The number of aromatic nitrogens is 3. The average Bonchev–Trinajstić information content (AvgIpc) is 2.85. The van der Waals surface area contributed by atoms with E-state index in [1.54, 1.807) is 62.6 Å². The standard InChI is InChI=1S/C25H20N6O4/c1-14-6-4-5-7-21(14)31-25(34)19(12-26)15(2)22(30-31)24(33)29-27-13-17-10-16-11-18(35-3)8-9-20(16)28-23(17)32/h4-11,13H,1-3H3,(H,28,32)(H,29,33)/b27-13+. The van der Waals surface area contributed by atoms with Crippen LogP contribution in [0.1, 0.15) is 32.7 Å². The molecule has 0 aliphatic rings. The van der Waals surface area contributed by atoms with Crippen LogP contribution in [0.5, 0.6) is 5.75 Å². The van der Waals surface area contributed by atoms with Gasteiger partial charge in [-0.15, -0.1) is 0 Å². The predicted molar refractivity (Wildman–Crippen MR) is 130 cm³/mol. The van der Waals surface area contributed by atoms with Crippen LogP contribution < -0.4 is 21.3 Å². The molecule has 2 N–H and O–H groups in total. The highest BCUT2D eigenvalue weighted by Gasteiger charge is 2.20. The second-order valence-electron chi connectivity index (χ2n) is 7.67. The fraction of sp³-hybridized carbons (Fsp3) is 0.120. The van der Waals surface area contributed by atoms with E-state index in [1.807, 2.05) is 6.07 Å². The smallest absolute Gasteiger partial charge is 0.292 e. The minimum atomic E-state index is -0.739. The van der Waals surface area contributed by atoms with E-state index in [2.05, 4.69) is 20.6 Å². The molecule has 0 aliphatic heterocycles. The van der Waals surface area contributed by atoms with Crippen LogP contribution in [0.4, 0.5) is 0 Å². The predicted octanol–water partition coefficient (Wildman–Crippen LogP) is 2.34. The highest BCUT2D eigenvalue weighted by atomic mass is 16.5. The van der Waals surface area contributed by atoms with Crippen molar-refractivity contribution in [2.75, 3.05) is 7.11 Å². The van der Waals surface area contributed by atoms with Gasteiger partial charge in [-0.25, -0.2) is 5.43 Å². The number of carbonyl (C=O) groups excluding carboxylic acids is 1. The number of hydrazone groups is 1. The number of methoxy groups -OCH3 is 1. The normalized spacial score (nSPS) is 10.9. The van der Waals surface area contributed by atoms with Gasteiger partial charge in [-0.3, -0.25) is 14.4 Å². The number of aryl methyl sites for hydroxylation is 1. The van der Waals surface area contributed by atoms with Gasteiger partial charge in [0.2, 0.25) is 0 Å². The maximum absolute atomic E-state index is 12.9. The third kappa shape index (κ3) is 4.43. The minimum Gasteiger partial charge on any atom is -0.497 e. The van der Waals surface area contributed by atoms with E-state index in [1.165, 1.54) is 13.1 Å². The molecule has 0 fully saturated rings. The van der Waals surface area contributed by atoms with Crippen LogP contribution in [0.3, 0.4) is 0 Å². The molecule has 0 saturated heterocycles. The van der Waals surface area contributed by atoms with Crippen molar-refractivity contribution in [1.82, 2.24) is 20.2 Å². The molecule has 4 rings (SSSR count). The number of para-hydroxylation sites is 1. The summed E-state index contributed by atoms with van der Waals surface area (Å²) in [6, 6.07) is 15.7. The monoisotopic (exact) mass is 468 g/mol. The first-order valence-electron chi connectivity index (χ1n) is 10.5. The second kappa shape index (κ2) is 9.44. The molecule has 0 aliphatic carbocycles. The number of pyridine rings is 1. The molecule has 2 aromatic carbocycles. The molecule has 10 nitrogen and oxygen atoms in total. The summed E-state index contributed by atoms with van der Waals surface area (Å²) in [6.07, 6.45) is 1.20. The largest absolute Gasteiger partial charge is 0.497 e. The Balaban J connectivity index is 1.68. The van der Waals surface area contributed by atoms with E-state index in [0.717, 1.165) is 15.6 Å². The molecule has 1 amide bonds. The molecule has 35 heavy (non-hydrogen) atoms. The summed E-state index contributed by atoms with van der Waals surface area (Å²) in [5, 5.41) is 18.3. The van der Waals surface area contributed by atoms with Crippen LogP contribution >= 0.6 is 0 Å². The average molecular weight is 468 g/mol. The summed E-state index contributed by atoms with van der Waals surface area (Å²) in [6.45, 7) is 3.26. The molecule has 4 aromatic rings. The number of amides is 1. The summed E-state index contributed by atoms with van der Waals surface area (Å²) < 4.78 is 6.23. The van der Waals surface area contributed by atoms with E-state index in [9.17, 15) is 19.6 Å². The Morgan fingerprint density at radius 1 is 1.20 bits per heavy atom. The van der Waals surface area contributed by atoms with Crippen molar-refractivity contribution in [3.63, 3.8) is 0 Å². The molecule has 0 radical (unpaired) electrons. The van der Waals surface area contributed by atoms with Gasteiger partial charge in [-0.2, -0.15) is 20.1 Å². The molecule has 0 saturated carbocycles. The first kappa shape index (κ1) is 23.1. The first-order valence-corrected chi connectivity index (χ1v) is 10.5. The molecule has 0 spiro atoms. The Bertz CT molecular complexity index is 1660. The fourth-order valence-corrected chi connectivity index (χ4v) is 3.55. The van der Waals surface area contributed by atoms with Gasteiger partial charge in [0.25, 0.3) is 17.0 Å². The molecular weight excluding hydrogens is 448 g/mol. The van der Waals surface area contributed by atoms with Gasteiger partial charge in [-0.1, -0.05) is 18.2 Å². The van der Waals surface area contributed by atoms with Gasteiger partial charge in [0, 0.05) is 16.5 Å². The Morgan fingerprint density at radius 2 is 1.97 bits per heavy atom. The number of H-pyrrole nitrogens is 1. The topological polar surface area (TPSA) is 142 Å². The first-order chi connectivity index (χ1) is 16.8. The molecule has 174 valence electrons. The van der Waals surface area contributed by atoms with Gasteiger partial charge >= 0.3 is 0 Å². The summed E-state index contributed by atoms with van der Waals surface area (Å²) in [5.74, 6) is -0.115. The number of hydrogen-bond acceptors (Lipinski definition) is 7. The molecular formula is C25H20N6O4. The summed E-state index contributed by atoms with van der Waals surface area (Å²) in [5.41, 5.74) is 3.11. The van der Waals surface area contributed by atoms with E-state index in [0.29, 0.717) is 17.0 Å². The Morgan fingerprint density at radius 3 is 2.69 bits per heavy atom. The maximum Gasteiger partial charge on any atom is 0.292 e. The number of hydrogen-bond donors (Lipinski definition) is 2. The molecule has 0 atom stereocenters. The molecule has 10 heteroatoms. The SMILES string of the molecule is COc1ccc2[nH]c(=O)c(/C=N/NC(=O)c3nn(-c4ccccc4C)c(=O)c(C#N)c3C)cc2c1. The molecule has 0 unspecified atom stereocenters. The van der Waals surface area contributed by atoms with Gasteiger partial charge < -0.3 is 9.72 Å². The number of aromatic amines is 1. The van der Waals surface area contributed by atoms with E-state index in [4.69, 9.17) is 4.74 Å². The van der Waals surface area contributed by atoms with Gasteiger partial charge in [0.15, 0.2) is 5.69 Å². The number of nitrogens with zero attached hydrogens (tertiary/aromatic N) is 4. The van der Waals surface area contributed by atoms with Gasteiger partial charge in [0.1, 0.15) is 17.4 Å². The fourth-order valence-electron chi connectivity index (χ4n) is 3.55. The number of rotatable bonds is 5. The van der Waals surface area contributed by atoms with Crippen LogP contribution in [0.25, 0.3) is 16.6 Å². The Hall–Kier alpha value is -5.04. The lowest BCUT2D eigenvalue weighted by atomic mass is 10.1. The lowest BCUT2D eigenvalue weighted by Crippen LogP contribution is -2.31. The van der Waals surface area contributed by atoms with Crippen molar-refractivity contribution < 1.29 is 9.53 Å². The van der Waals surface area contributed by atoms with Crippen molar-refractivity contribution in [1.29, 1.82) is 5.26 Å². The third-order valence-corrected chi connectivity index (χ3v) is 5.46. The number of benzene rings is 2. The number of nitrogens with one attached hydrogen (secondary N) is 2. The molecule has 2 aromatic heterocycles. The minimum absolute atomic E-state index is 0.130.